The third-order valence-electron chi connectivity index (χ3n) is 4.38. The normalized spacial score (nSPS) is 12.1. The molecule has 1 atom stereocenters. The number of halogens is 2. The Morgan fingerprint density at radius 3 is 2.43 bits per heavy atom. The molecule has 0 radical (unpaired) electrons. The van der Waals surface area contributed by atoms with Gasteiger partial charge in [0.05, 0.1) is 25.9 Å². The number of hydrogen-bond acceptors (Lipinski definition) is 5. The van der Waals surface area contributed by atoms with Crippen LogP contribution in [0.3, 0.4) is 0 Å². The first-order valence-corrected chi connectivity index (χ1v) is 11.8. The van der Waals surface area contributed by atoms with Crippen LogP contribution in [-0.2, 0) is 16.0 Å². The Balaban J connectivity index is 2.04. The molecule has 2 aromatic rings. The van der Waals surface area contributed by atoms with E-state index in [4.69, 9.17) is 15.2 Å². The van der Waals surface area contributed by atoms with Gasteiger partial charge in [-0.2, -0.15) is 0 Å². The Morgan fingerprint density at radius 1 is 1.13 bits per heavy atom. The Kier molecular flexibility index (Phi) is 9.64. The van der Waals surface area contributed by atoms with Gasteiger partial charge in [0.1, 0.15) is 17.2 Å². The van der Waals surface area contributed by atoms with E-state index in [2.05, 4.69) is 50.5 Å². The third-order valence-corrected chi connectivity index (χ3v) is 6.00. The highest BCUT2D eigenvalue weighted by Gasteiger charge is 2.17. The second-order valence-electron chi connectivity index (χ2n) is 7.42. The number of carbonyl (C=O) groups is 1. The predicted octanol–water partition coefficient (Wildman–Crippen LogP) is 4.42. The average Bonchev–Trinajstić information content (AvgIpc) is 2.65. The molecule has 164 valence electrons. The lowest BCUT2D eigenvalue weighted by atomic mass is 10.0. The molecule has 30 heavy (non-hydrogen) atoms. The molecule has 0 aliphatic carbocycles. The number of nitrogens with one attached hydrogen (secondary N) is 1. The van der Waals surface area contributed by atoms with Crippen molar-refractivity contribution in [3.8, 4) is 17.2 Å². The van der Waals surface area contributed by atoms with Crippen molar-refractivity contribution in [2.45, 2.75) is 46.3 Å². The fourth-order valence-electron chi connectivity index (χ4n) is 2.88. The zero-order valence-corrected chi connectivity index (χ0v) is 21.9. The van der Waals surface area contributed by atoms with E-state index in [0.29, 0.717) is 25.3 Å². The van der Waals surface area contributed by atoms with E-state index >= 15 is 0 Å². The van der Waals surface area contributed by atoms with Gasteiger partial charge >= 0.3 is 0 Å². The van der Waals surface area contributed by atoms with Gasteiger partial charge in [0.25, 0.3) is 0 Å². The summed E-state index contributed by atoms with van der Waals surface area (Å²) in [6, 6.07) is 6.95. The van der Waals surface area contributed by atoms with Crippen LogP contribution in [0, 0.1) is 21.0 Å². The number of benzene rings is 2. The molecule has 2 aromatic carbocycles. The van der Waals surface area contributed by atoms with E-state index in [9.17, 15) is 9.90 Å². The number of ether oxygens (including phenoxy) is 2. The van der Waals surface area contributed by atoms with Gasteiger partial charge in [-0.3, -0.25) is 4.79 Å². The third kappa shape index (κ3) is 7.24. The molecule has 0 fully saturated rings. The molecule has 1 amide bonds. The average molecular weight is 638 g/mol. The Morgan fingerprint density at radius 2 is 1.83 bits per heavy atom. The Hall–Kier alpha value is -1.11. The molecule has 2 rings (SSSR count). The van der Waals surface area contributed by atoms with Crippen molar-refractivity contribution in [1.82, 2.24) is 5.32 Å². The molecule has 0 bridgehead atoms. The van der Waals surface area contributed by atoms with Crippen molar-refractivity contribution < 1.29 is 19.4 Å². The summed E-state index contributed by atoms with van der Waals surface area (Å²) in [5.74, 6) is 1.50. The van der Waals surface area contributed by atoms with Crippen LogP contribution < -0.4 is 15.8 Å². The minimum absolute atomic E-state index is 0.135. The predicted molar refractivity (Wildman–Crippen MR) is 135 cm³/mol. The molecular weight excluding hydrogens is 610 g/mol. The van der Waals surface area contributed by atoms with Crippen LogP contribution >= 0.6 is 45.2 Å². The number of phenolic OH excluding ortho intramolecular Hbond substituents is 1. The fraction of sp³-hybridized carbons (Fsp3) is 0.409. The Labute approximate surface area is 205 Å². The molecular formula is C22H28I2N2O4. The number of aromatic hydroxyl groups is 1. The van der Waals surface area contributed by atoms with Crippen LogP contribution in [0.5, 0.6) is 17.2 Å². The van der Waals surface area contributed by atoms with Crippen molar-refractivity contribution in [2.75, 3.05) is 13.2 Å². The van der Waals surface area contributed by atoms with Gasteiger partial charge in [-0.05, 0) is 114 Å². The summed E-state index contributed by atoms with van der Waals surface area (Å²) in [5, 5.41) is 12.8. The molecule has 0 aliphatic heterocycles. The number of aryl methyl sites for hydroxylation is 2. The first-order chi connectivity index (χ1) is 14.1. The van der Waals surface area contributed by atoms with E-state index in [1.165, 1.54) is 0 Å². The summed E-state index contributed by atoms with van der Waals surface area (Å²) >= 11 is 4.31. The first kappa shape index (κ1) is 25.2. The SMILES string of the molecule is Cc1cc(Oc2c(C)cc(CC(N)C(=O)NCCOC(C)C)cc2I)cc(I)c1O. The number of phenols is 1. The number of carbonyl (C=O) groups excluding carboxylic acids is 1. The summed E-state index contributed by atoms with van der Waals surface area (Å²) in [6.45, 7) is 8.62. The molecule has 0 heterocycles. The topological polar surface area (TPSA) is 93.8 Å². The lowest BCUT2D eigenvalue weighted by Gasteiger charge is -2.16. The molecule has 0 aromatic heterocycles. The van der Waals surface area contributed by atoms with Gasteiger partial charge in [0, 0.05) is 6.54 Å². The van der Waals surface area contributed by atoms with E-state index < -0.39 is 6.04 Å². The maximum atomic E-state index is 12.2. The van der Waals surface area contributed by atoms with E-state index in [-0.39, 0.29) is 17.8 Å². The molecule has 0 aliphatic rings. The molecule has 1 unspecified atom stereocenters. The zero-order chi connectivity index (χ0) is 22.4. The summed E-state index contributed by atoms with van der Waals surface area (Å²) in [4.78, 5) is 12.2. The standard InChI is InChI=1S/C22H28I2N2O4/c1-12(2)29-6-5-26-22(28)19(25)10-15-7-14(4)21(18(24)9-15)30-16-8-13(3)20(27)17(23)11-16/h7-9,11-12,19,27H,5-6,10,25H2,1-4H3,(H,26,28). The van der Waals surface area contributed by atoms with Crippen LogP contribution in [0.25, 0.3) is 0 Å². The minimum atomic E-state index is -0.632. The van der Waals surface area contributed by atoms with Crippen molar-refractivity contribution in [3.63, 3.8) is 0 Å². The molecule has 0 spiro atoms. The van der Waals surface area contributed by atoms with E-state index in [1.54, 1.807) is 6.07 Å². The number of nitrogens with two attached hydrogens (primary N) is 1. The van der Waals surface area contributed by atoms with Crippen LogP contribution in [-0.4, -0.2) is 36.3 Å². The highest BCUT2D eigenvalue weighted by atomic mass is 127. The van der Waals surface area contributed by atoms with Gasteiger partial charge < -0.3 is 25.6 Å². The summed E-state index contributed by atoms with van der Waals surface area (Å²) in [7, 11) is 0. The first-order valence-electron chi connectivity index (χ1n) is 9.69. The molecule has 6 nitrogen and oxygen atoms in total. The lowest BCUT2D eigenvalue weighted by molar-refractivity contribution is -0.122. The smallest absolute Gasteiger partial charge is 0.237 e. The van der Waals surface area contributed by atoms with E-state index in [0.717, 1.165) is 29.6 Å². The van der Waals surface area contributed by atoms with Crippen LogP contribution in [0.1, 0.15) is 30.5 Å². The van der Waals surface area contributed by atoms with Crippen molar-refractivity contribution in [3.05, 3.63) is 48.1 Å². The minimum Gasteiger partial charge on any atom is -0.507 e. The highest BCUT2D eigenvalue weighted by molar-refractivity contribution is 14.1. The van der Waals surface area contributed by atoms with Crippen molar-refractivity contribution in [2.24, 2.45) is 5.73 Å². The van der Waals surface area contributed by atoms with Crippen molar-refractivity contribution in [1.29, 1.82) is 0 Å². The largest absolute Gasteiger partial charge is 0.507 e. The molecule has 0 saturated heterocycles. The summed E-state index contributed by atoms with van der Waals surface area (Å²) in [6.07, 6.45) is 0.569. The lowest BCUT2D eigenvalue weighted by Crippen LogP contribution is -2.43. The summed E-state index contributed by atoms with van der Waals surface area (Å²) < 4.78 is 13.2. The maximum Gasteiger partial charge on any atom is 0.237 e. The Bertz CT molecular complexity index is 857. The quantitative estimate of drug-likeness (QED) is 0.280. The van der Waals surface area contributed by atoms with Crippen LogP contribution in [0.15, 0.2) is 24.3 Å². The molecule has 4 N–H and O–H groups in total. The monoisotopic (exact) mass is 638 g/mol. The molecule has 0 saturated carbocycles. The number of rotatable bonds is 9. The van der Waals surface area contributed by atoms with Gasteiger partial charge in [0.15, 0.2) is 0 Å². The molecule has 8 heteroatoms. The van der Waals surface area contributed by atoms with Gasteiger partial charge in [-0.15, -0.1) is 0 Å². The van der Waals surface area contributed by atoms with Crippen LogP contribution in [0.4, 0.5) is 0 Å². The summed E-state index contributed by atoms with van der Waals surface area (Å²) in [5.41, 5.74) is 8.78. The zero-order valence-electron chi connectivity index (χ0n) is 17.6. The van der Waals surface area contributed by atoms with Gasteiger partial charge in [-0.1, -0.05) is 6.07 Å². The second-order valence-corrected chi connectivity index (χ2v) is 9.74. The number of amides is 1. The second kappa shape index (κ2) is 11.5. The van der Waals surface area contributed by atoms with Gasteiger partial charge in [-0.25, -0.2) is 0 Å². The van der Waals surface area contributed by atoms with Gasteiger partial charge in [0.2, 0.25) is 5.91 Å². The van der Waals surface area contributed by atoms with Crippen LogP contribution in [0.2, 0.25) is 0 Å². The van der Waals surface area contributed by atoms with Crippen molar-refractivity contribution >= 4 is 51.1 Å². The van der Waals surface area contributed by atoms with E-state index in [1.807, 2.05) is 45.9 Å². The fourth-order valence-corrected chi connectivity index (χ4v) is 4.55. The maximum absolute atomic E-state index is 12.2. The number of hydrogen-bond donors (Lipinski definition) is 3. The highest BCUT2D eigenvalue weighted by Crippen LogP contribution is 2.35.